The molecule has 1 spiro atoms. The molecule has 1 aliphatic heterocycles. The van der Waals surface area contributed by atoms with Crippen LogP contribution in [0.25, 0.3) is 0 Å². The van der Waals surface area contributed by atoms with Gasteiger partial charge in [-0.15, -0.1) is 0 Å². The molecule has 0 radical (unpaired) electrons. The summed E-state index contributed by atoms with van der Waals surface area (Å²) in [4.78, 5) is 54.4. The molecule has 0 bridgehead atoms. The van der Waals surface area contributed by atoms with Crippen LogP contribution in [-0.2, 0) is 9.53 Å². The fourth-order valence-electron chi connectivity index (χ4n) is 4.40. The van der Waals surface area contributed by atoms with Crippen LogP contribution in [0, 0.1) is 19.8 Å². The van der Waals surface area contributed by atoms with Crippen LogP contribution in [0.15, 0.2) is 0 Å². The number of ketones is 1. The molecule has 2 N–H and O–H groups in total. The number of ether oxygens (including phenoxy) is 1. The number of esters is 1. The first-order valence-corrected chi connectivity index (χ1v) is 9.76. The molecule has 1 saturated heterocycles. The number of carbonyl (C=O) groups excluding carboxylic acids is 4. The summed E-state index contributed by atoms with van der Waals surface area (Å²) in [6, 6.07) is -0.529. The summed E-state index contributed by atoms with van der Waals surface area (Å²) in [6.07, 6.45) is 3.36. The molecule has 2 atom stereocenters. The van der Waals surface area contributed by atoms with Crippen LogP contribution < -0.4 is 5.32 Å². The molecule has 0 unspecified atom stereocenters. The Morgan fingerprint density at radius 2 is 1.96 bits per heavy atom. The molecule has 1 aromatic heterocycles. The van der Waals surface area contributed by atoms with Crippen LogP contribution >= 0.6 is 0 Å². The summed E-state index contributed by atoms with van der Waals surface area (Å²) >= 11 is 0. The largest absolute Gasteiger partial charge is 0.462 e. The van der Waals surface area contributed by atoms with Crippen LogP contribution in [0.2, 0.25) is 0 Å². The Labute approximate surface area is 164 Å². The standard InChI is InChI=1S/C20H27N3O5/c1-5-28-17(25)15-12(3)16(21-13(15)4)14(24)10-23-18(26)20(22-19(23)27)9-7-6-8-11(20)2/h11,21H,5-10H2,1-4H3,(H,22,27)/t11-,20-/m0/s1. The van der Waals surface area contributed by atoms with E-state index in [1.165, 1.54) is 0 Å². The average Bonchev–Trinajstić information content (AvgIpc) is 3.06. The molecule has 8 nitrogen and oxygen atoms in total. The number of carbonyl (C=O) groups is 4. The number of urea groups is 1. The first-order chi connectivity index (χ1) is 13.2. The summed E-state index contributed by atoms with van der Waals surface area (Å²) in [5.41, 5.74) is 0.632. The van der Waals surface area contributed by atoms with E-state index in [0.29, 0.717) is 23.2 Å². The van der Waals surface area contributed by atoms with Gasteiger partial charge in [-0.05, 0) is 45.1 Å². The van der Waals surface area contributed by atoms with Gasteiger partial charge in [0.05, 0.1) is 24.4 Å². The van der Waals surface area contributed by atoms with E-state index in [9.17, 15) is 19.2 Å². The summed E-state index contributed by atoms with van der Waals surface area (Å²) < 4.78 is 5.04. The van der Waals surface area contributed by atoms with Gasteiger partial charge in [-0.2, -0.15) is 0 Å². The van der Waals surface area contributed by atoms with Gasteiger partial charge in [-0.25, -0.2) is 9.59 Å². The molecule has 1 aromatic rings. The van der Waals surface area contributed by atoms with Crippen LogP contribution in [0.4, 0.5) is 4.79 Å². The predicted octanol–water partition coefficient (Wildman–Crippen LogP) is 2.49. The van der Waals surface area contributed by atoms with Gasteiger partial charge in [0.25, 0.3) is 5.91 Å². The highest BCUT2D eigenvalue weighted by Crippen LogP contribution is 2.38. The highest BCUT2D eigenvalue weighted by Gasteiger charge is 2.55. The van der Waals surface area contributed by atoms with Gasteiger partial charge in [-0.3, -0.25) is 14.5 Å². The quantitative estimate of drug-likeness (QED) is 0.457. The lowest BCUT2D eigenvalue weighted by molar-refractivity contribution is -0.133. The van der Waals surface area contributed by atoms with Gasteiger partial charge in [-0.1, -0.05) is 19.8 Å². The Morgan fingerprint density at radius 1 is 1.25 bits per heavy atom. The number of nitrogens with zero attached hydrogens (tertiary/aromatic N) is 1. The van der Waals surface area contributed by atoms with Crippen LogP contribution in [0.5, 0.6) is 0 Å². The maximum absolute atomic E-state index is 13.0. The number of aromatic nitrogens is 1. The number of Topliss-reactive ketones (excluding diaryl/α,β-unsaturated/α-hetero) is 1. The van der Waals surface area contributed by atoms with Gasteiger partial charge in [0.15, 0.2) is 5.78 Å². The number of aromatic amines is 1. The number of nitrogens with one attached hydrogen (secondary N) is 2. The second-order valence-corrected chi connectivity index (χ2v) is 7.71. The molecule has 2 aliphatic rings. The average molecular weight is 389 g/mol. The third kappa shape index (κ3) is 3.10. The predicted molar refractivity (Wildman–Crippen MR) is 101 cm³/mol. The topological polar surface area (TPSA) is 109 Å². The minimum Gasteiger partial charge on any atom is -0.462 e. The number of H-pyrrole nitrogens is 1. The smallest absolute Gasteiger partial charge is 0.340 e. The second-order valence-electron chi connectivity index (χ2n) is 7.71. The van der Waals surface area contributed by atoms with E-state index in [1.807, 2.05) is 6.92 Å². The first kappa shape index (κ1) is 20.1. The number of aryl methyl sites for hydroxylation is 1. The Hall–Kier alpha value is -2.64. The highest BCUT2D eigenvalue weighted by atomic mass is 16.5. The summed E-state index contributed by atoms with van der Waals surface area (Å²) in [6.45, 7) is 6.88. The van der Waals surface area contributed by atoms with E-state index >= 15 is 0 Å². The van der Waals surface area contributed by atoms with E-state index in [0.717, 1.165) is 24.2 Å². The number of amides is 3. The molecular formula is C20H27N3O5. The van der Waals surface area contributed by atoms with E-state index < -0.39 is 23.3 Å². The van der Waals surface area contributed by atoms with Crippen molar-refractivity contribution in [2.75, 3.05) is 13.2 Å². The van der Waals surface area contributed by atoms with E-state index in [1.54, 1.807) is 20.8 Å². The lowest BCUT2D eigenvalue weighted by Gasteiger charge is -2.36. The zero-order chi connectivity index (χ0) is 20.6. The maximum Gasteiger partial charge on any atom is 0.340 e. The molecule has 8 heteroatoms. The zero-order valence-corrected chi connectivity index (χ0v) is 16.8. The third-order valence-electron chi connectivity index (χ3n) is 6.00. The summed E-state index contributed by atoms with van der Waals surface area (Å²) in [5, 5.41) is 2.84. The minimum atomic E-state index is -0.896. The lowest BCUT2D eigenvalue weighted by Crippen LogP contribution is -2.54. The monoisotopic (exact) mass is 389 g/mol. The van der Waals surface area contributed by atoms with Crippen molar-refractivity contribution in [3.8, 4) is 0 Å². The van der Waals surface area contributed by atoms with Gasteiger partial charge in [0, 0.05) is 5.69 Å². The fourth-order valence-corrected chi connectivity index (χ4v) is 4.40. The van der Waals surface area contributed by atoms with Crippen LogP contribution in [0.3, 0.4) is 0 Å². The number of hydrogen-bond acceptors (Lipinski definition) is 5. The summed E-state index contributed by atoms with van der Waals surface area (Å²) in [5.74, 6) is -1.22. The number of imide groups is 1. The zero-order valence-electron chi connectivity index (χ0n) is 16.8. The van der Waals surface area contributed by atoms with Gasteiger partial charge < -0.3 is 15.0 Å². The minimum absolute atomic E-state index is 0.0303. The van der Waals surface area contributed by atoms with Crippen molar-refractivity contribution in [1.82, 2.24) is 15.2 Å². The lowest BCUT2D eigenvalue weighted by atomic mass is 9.73. The molecular weight excluding hydrogens is 362 g/mol. The molecule has 3 rings (SSSR count). The maximum atomic E-state index is 13.0. The molecule has 28 heavy (non-hydrogen) atoms. The van der Waals surface area contributed by atoms with Crippen molar-refractivity contribution in [1.29, 1.82) is 0 Å². The van der Waals surface area contributed by atoms with Gasteiger partial charge in [0.1, 0.15) is 5.54 Å². The van der Waals surface area contributed by atoms with Gasteiger partial charge >= 0.3 is 12.0 Å². The van der Waals surface area contributed by atoms with Crippen molar-refractivity contribution < 1.29 is 23.9 Å². The molecule has 152 valence electrons. The van der Waals surface area contributed by atoms with Crippen LogP contribution in [0.1, 0.15) is 71.6 Å². The van der Waals surface area contributed by atoms with E-state index in [4.69, 9.17) is 4.74 Å². The van der Waals surface area contributed by atoms with Crippen molar-refractivity contribution in [3.63, 3.8) is 0 Å². The Kier molecular flexibility index (Phi) is 5.32. The SMILES string of the molecule is CCOC(=O)c1c(C)[nH]c(C(=O)CN2C(=O)N[C@]3(CCCC[C@@H]3C)C2=O)c1C. The Morgan fingerprint density at radius 3 is 2.61 bits per heavy atom. The fraction of sp³-hybridized carbons (Fsp3) is 0.600. The van der Waals surface area contributed by atoms with Gasteiger partial charge in [0.2, 0.25) is 0 Å². The van der Waals surface area contributed by atoms with Crippen molar-refractivity contribution in [2.24, 2.45) is 5.92 Å². The number of hydrogen-bond donors (Lipinski definition) is 2. The normalized spacial score (nSPS) is 24.6. The molecule has 0 aromatic carbocycles. The Bertz CT molecular complexity index is 843. The van der Waals surface area contributed by atoms with Crippen molar-refractivity contribution in [3.05, 3.63) is 22.5 Å². The first-order valence-electron chi connectivity index (χ1n) is 9.76. The molecule has 3 amide bonds. The second kappa shape index (κ2) is 7.41. The molecule has 2 fully saturated rings. The summed E-state index contributed by atoms with van der Waals surface area (Å²) in [7, 11) is 0. The van der Waals surface area contributed by atoms with Crippen LogP contribution in [-0.4, -0.2) is 52.3 Å². The van der Waals surface area contributed by atoms with E-state index in [2.05, 4.69) is 10.3 Å². The molecule has 2 heterocycles. The number of rotatable bonds is 5. The van der Waals surface area contributed by atoms with Crippen molar-refractivity contribution >= 4 is 23.7 Å². The molecule has 1 saturated carbocycles. The molecule has 1 aliphatic carbocycles. The highest BCUT2D eigenvalue weighted by molar-refractivity contribution is 6.11. The third-order valence-corrected chi connectivity index (χ3v) is 6.00. The Balaban J connectivity index is 1.82. The van der Waals surface area contributed by atoms with Crippen molar-refractivity contribution in [2.45, 2.75) is 58.9 Å². The van der Waals surface area contributed by atoms with E-state index in [-0.39, 0.29) is 30.7 Å².